The molecule has 216 valence electrons. The highest BCUT2D eigenvalue weighted by Crippen LogP contribution is 2.36. The van der Waals surface area contributed by atoms with Crippen LogP contribution < -0.4 is 24.4 Å². The predicted octanol–water partition coefficient (Wildman–Crippen LogP) is 6.30. The standard InChI is InChI=1S/C31H25Cl2IN2O5S/c1-4-40-30(38)26-17(2)35-31-36(27(26)21-10-6-8-12-23(21)33)29(37)25(42-31)14-19-13-20(34)15-24(39-3)28(19)41-16-18-9-5-7-11-22(18)32/h5-15,27H,4,16H2,1-3H3/b25-14-/t27-/m1/s1. The molecule has 0 N–H and O–H groups in total. The van der Waals surface area contributed by atoms with E-state index in [1.165, 1.54) is 15.9 Å². The largest absolute Gasteiger partial charge is 0.493 e. The second-order valence-corrected chi connectivity index (χ2v) is 12.3. The molecule has 7 nitrogen and oxygen atoms in total. The average Bonchev–Trinajstić information content (AvgIpc) is 3.26. The fraction of sp³-hybridized carbons (Fsp3) is 0.194. The number of allylic oxidation sites excluding steroid dienone is 1. The minimum absolute atomic E-state index is 0.181. The third-order valence-electron chi connectivity index (χ3n) is 6.60. The number of aromatic nitrogens is 1. The van der Waals surface area contributed by atoms with E-state index in [1.54, 1.807) is 51.3 Å². The third-order valence-corrected chi connectivity index (χ3v) is 8.92. The van der Waals surface area contributed by atoms with Gasteiger partial charge in [-0.25, -0.2) is 9.79 Å². The zero-order valence-electron chi connectivity index (χ0n) is 22.8. The molecule has 0 saturated heterocycles. The Morgan fingerprint density at radius 1 is 1.12 bits per heavy atom. The van der Waals surface area contributed by atoms with Crippen LogP contribution >= 0.6 is 57.1 Å². The van der Waals surface area contributed by atoms with E-state index in [1.807, 2.05) is 36.4 Å². The number of thiazole rings is 1. The van der Waals surface area contributed by atoms with Crippen molar-refractivity contribution >= 4 is 69.2 Å². The van der Waals surface area contributed by atoms with Crippen molar-refractivity contribution in [2.45, 2.75) is 26.5 Å². The van der Waals surface area contributed by atoms with E-state index >= 15 is 0 Å². The van der Waals surface area contributed by atoms with Crippen LogP contribution in [0, 0.1) is 3.57 Å². The molecule has 0 fully saturated rings. The summed E-state index contributed by atoms with van der Waals surface area (Å²) in [5.74, 6) is 0.438. The van der Waals surface area contributed by atoms with Crippen LogP contribution in [0.5, 0.6) is 11.5 Å². The summed E-state index contributed by atoms with van der Waals surface area (Å²) in [6.07, 6.45) is 1.75. The normalized spacial score (nSPS) is 14.8. The number of carbonyl (C=O) groups is 1. The summed E-state index contributed by atoms with van der Waals surface area (Å²) in [6.45, 7) is 3.85. The Labute approximate surface area is 269 Å². The molecule has 3 aromatic carbocycles. The topological polar surface area (TPSA) is 79.1 Å². The maximum Gasteiger partial charge on any atom is 0.338 e. The zero-order valence-corrected chi connectivity index (χ0v) is 27.3. The molecule has 4 aromatic rings. The molecule has 0 saturated carbocycles. The van der Waals surface area contributed by atoms with Crippen LogP contribution in [0.2, 0.25) is 10.0 Å². The van der Waals surface area contributed by atoms with Gasteiger partial charge in [-0.1, -0.05) is 70.9 Å². The molecular weight excluding hydrogens is 710 g/mol. The highest BCUT2D eigenvalue weighted by Gasteiger charge is 2.34. The van der Waals surface area contributed by atoms with Crippen LogP contribution in [0.1, 0.15) is 36.6 Å². The van der Waals surface area contributed by atoms with Crippen molar-refractivity contribution in [1.82, 2.24) is 4.57 Å². The van der Waals surface area contributed by atoms with Gasteiger partial charge in [0.25, 0.3) is 5.56 Å². The summed E-state index contributed by atoms with van der Waals surface area (Å²) >= 11 is 16.4. The molecule has 0 unspecified atom stereocenters. The van der Waals surface area contributed by atoms with Gasteiger partial charge in [0, 0.05) is 24.7 Å². The Balaban J connectivity index is 1.68. The lowest BCUT2D eigenvalue weighted by molar-refractivity contribution is -0.139. The maximum atomic E-state index is 14.1. The minimum Gasteiger partial charge on any atom is -0.493 e. The molecule has 1 atom stereocenters. The predicted molar refractivity (Wildman–Crippen MR) is 173 cm³/mol. The number of carbonyl (C=O) groups excluding carboxylic acids is 1. The van der Waals surface area contributed by atoms with Gasteiger partial charge >= 0.3 is 5.97 Å². The van der Waals surface area contributed by atoms with Gasteiger partial charge < -0.3 is 14.2 Å². The average molecular weight is 735 g/mol. The van der Waals surface area contributed by atoms with Crippen molar-refractivity contribution in [1.29, 1.82) is 0 Å². The number of esters is 1. The first-order valence-corrected chi connectivity index (χ1v) is 15.6. The third kappa shape index (κ3) is 6.01. The lowest BCUT2D eigenvalue weighted by Gasteiger charge is -2.25. The second kappa shape index (κ2) is 13.0. The molecule has 1 aliphatic rings. The number of nitrogens with zero attached hydrogens (tertiary/aromatic N) is 2. The maximum absolute atomic E-state index is 14.1. The number of hydrogen-bond acceptors (Lipinski definition) is 7. The first kappa shape index (κ1) is 30.3. The zero-order chi connectivity index (χ0) is 30.0. The minimum atomic E-state index is -0.808. The van der Waals surface area contributed by atoms with Gasteiger partial charge in [-0.3, -0.25) is 9.36 Å². The van der Waals surface area contributed by atoms with Gasteiger partial charge in [0.2, 0.25) is 0 Å². The molecule has 0 radical (unpaired) electrons. The Bertz CT molecular complexity index is 1900. The van der Waals surface area contributed by atoms with E-state index in [-0.39, 0.29) is 24.3 Å². The molecule has 1 aliphatic heterocycles. The van der Waals surface area contributed by atoms with Crippen molar-refractivity contribution in [2.24, 2.45) is 4.99 Å². The van der Waals surface area contributed by atoms with Crippen LogP contribution in [0.3, 0.4) is 0 Å². The van der Waals surface area contributed by atoms with Crippen LogP contribution in [0.4, 0.5) is 0 Å². The van der Waals surface area contributed by atoms with E-state index < -0.39 is 12.0 Å². The molecule has 0 aliphatic carbocycles. The second-order valence-electron chi connectivity index (χ2n) is 9.23. The fourth-order valence-corrected chi connectivity index (χ4v) is 6.78. The Morgan fingerprint density at radius 3 is 2.52 bits per heavy atom. The molecule has 0 bridgehead atoms. The Hall–Kier alpha value is -3.12. The van der Waals surface area contributed by atoms with Gasteiger partial charge in [0.15, 0.2) is 16.3 Å². The first-order chi connectivity index (χ1) is 20.2. The summed E-state index contributed by atoms with van der Waals surface area (Å²) in [5, 5.41) is 1.01. The van der Waals surface area contributed by atoms with Crippen molar-refractivity contribution < 1.29 is 19.0 Å². The number of halogens is 3. The van der Waals surface area contributed by atoms with E-state index in [0.29, 0.717) is 47.7 Å². The highest BCUT2D eigenvalue weighted by atomic mass is 127. The summed E-state index contributed by atoms with van der Waals surface area (Å²) in [7, 11) is 1.56. The molecule has 42 heavy (non-hydrogen) atoms. The monoisotopic (exact) mass is 734 g/mol. The van der Waals surface area contributed by atoms with Gasteiger partial charge in [-0.15, -0.1) is 0 Å². The number of benzene rings is 3. The van der Waals surface area contributed by atoms with Crippen molar-refractivity contribution in [3.05, 3.63) is 122 Å². The summed E-state index contributed by atoms with van der Waals surface area (Å²) in [4.78, 5) is 32.3. The number of rotatable bonds is 8. The smallest absolute Gasteiger partial charge is 0.338 e. The first-order valence-electron chi connectivity index (χ1n) is 12.9. The molecular formula is C31H25Cl2IN2O5S. The number of hydrogen-bond donors (Lipinski definition) is 0. The van der Waals surface area contributed by atoms with Crippen molar-refractivity contribution in [3.63, 3.8) is 0 Å². The van der Waals surface area contributed by atoms with E-state index in [2.05, 4.69) is 27.6 Å². The van der Waals surface area contributed by atoms with Gasteiger partial charge in [0.1, 0.15) is 12.6 Å². The summed E-state index contributed by atoms with van der Waals surface area (Å²) in [6, 6.07) is 17.5. The van der Waals surface area contributed by atoms with Crippen LogP contribution in [0.15, 0.2) is 81.7 Å². The van der Waals surface area contributed by atoms with E-state index in [9.17, 15) is 9.59 Å². The molecule has 2 heterocycles. The quantitative estimate of drug-likeness (QED) is 0.157. The van der Waals surface area contributed by atoms with Crippen LogP contribution in [-0.2, 0) is 16.1 Å². The molecule has 0 amide bonds. The van der Waals surface area contributed by atoms with E-state index in [4.69, 9.17) is 37.4 Å². The van der Waals surface area contributed by atoms with Gasteiger partial charge in [-0.05, 0) is 72.3 Å². The lowest BCUT2D eigenvalue weighted by atomic mass is 9.96. The molecule has 11 heteroatoms. The molecule has 0 spiro atoms. The van der Waals surface area contributed by atoms with Gasteiger partial charge in [-0.2, -0.15) is 0 Å². The van der Waals surface area contributed by atoms with Crippen molar-refractivity contribution in [2.75, 3.05) is 13.7 Å². The molecule has 1 aromatic heterocycles. The van der Waals surface area contributed by atoms with Crippen molar-refractivity contribution in [3.8, 4) is 11.5 Å². The Morgan fingerprint density at radius 2 is 1.83 bits per heavy atom. The fourth-order valence-electron chi connectivity index (χ4n) is 4.69. The lowest BCUT2D eigenvalue weighted by Crippen LogP contribution is -2.40. The highest BCUT2D eigenvalue weighted by molar-refractivity contribution is 14.1. The van der Waals surface area contributed by atoms with Gasteiger partial charge in [0.05, 0.1) is 29.5 Å². The summed E-state index contributed by atoms with van der Waals surface area (Å²) in [5.41, 5.74) is 2.46. The molecule has 5 rings (SSSR count). The SMILES string of the molecule is CCOC(=O)C1=C(C)N=c2s/c(=C\c3cc(I)cc(OC)c3OCc3ccccc3Cl)c(=O)n2[C@@H]1c1ccccc1Cl. The number of fused-ring (bicyclic) bond motifs is 1. The number of ether oxygens (including phenoxy) is 3. The van der Waals surface area contributed by atoms with E-state index in [0.717, 1.165) is 9.13 Å². The number of methoxy groups -OCH3 is 1. The van der Waals surface area contributed by atoms with Crippen LogP contribution in [-0.4, -0.2) is 24.3 Å². The Kier molecular flexibility index (Phi) is 9.41. The van der Waals surface area contributed by atoms with Crippen LogP contribution in [0.25, 0.3) is 6.08 Å². The summed E-state index contributed by atoms with van der Waals surface area (Å²) < 4.78 is 20.0.